The summed E-state index contributed by atoms with van der Waals surface area (Å²) < 4.78 is 6.21. The molecule has 8 heteroatoms. The summed E-state index contributed by atoms with van der Waals surface area (Å²) in [6.07, 6.45) is 2.16. The molecule has 122 valence electrons. The minimum Gasteiger partial charge on any atom is -0.459 e. The van der Waals surface area contributed by atoms with Gasteiger partial charge in [-0.05, 0) is 24.6 Å². The lowest BCUT2D eigenvalue weighted by Gasteiger charge is -2.07. The molecule has 0 bridgehead atoms. The van der Waals surface area contributed by atoms with Crippen LogP contribution in [0.5, 0.6) is 0 Å². The number of amides is 2. The van der Waals surface area contributed by atoms with Gasteiger partial charge in [0.2, 0.25) is 0 Å². The third-order valence-electron chi connectivity index (χ3n) is 2.98. The van der Waals surface area contributed by atoms with Gasteiger partial charge in [0.1, 0.15) is 5.69 Å². The number of furan rings is 1. The molecule has 2 amide bonds. The van der Waals surface area contributed by atoms with Gasteiger partial charge in [-0.1, -0.05) is 6.92 Å². The molecule has 0 atom stereocenters. The Kier molecular flexibility index (Phi) is 5.67. The summed E-state index contributed by atoms with van der Waals surface area (Å²) in [5.41, 5.74) is -0.0791. The number of carbonyl (C=O) groups excluding carboxylic acids is 2. The number of hydrogen-bond acceptors (Lipinski definition) is 5. The van der Waals surface area contributed by atoms with E-state index in [1.807, 2.05) is 6.92 Å². The maximum Gasteiger partial charge on any atom is 0.287 e. The molecule has 0 radical (unpaired) electrons. The Morgan fingerprint density at radius 3 is 2.57 bits per heavy atom. The van der Waals surface area contributed by atoms with Gasteiger partial charge in [0.15, 0.2) is 5.76 Å². The first kappa shape index (κ1) is 16.5. The number of nitrogens with zero attached hydrogens (tertiary/aromatic N) is 2. The molecule has 0 saturated heterocycles. The lowest BCUT2D eigenvalue weighted by Crippen LogP contribution is -2.36. The minimum atomic E-state index is -0.401. The number of carbonyl (C=O) groups is 2. The molecule has 0 saturated carbocycles. The Morgan fingerprint density at radius 2 is 1.91 bits per heavy atom. The average molecular weight is 318 g/mol. The Hall–Kier alpha value is -2.90. The van der Waals surface area contributed by atoms with Gasteiger partial charge in [0.25, 0.3) is 17.4 Å². The van der Waals surface area contributed by atoms with Crippen LogP contribution >= 0.6 is 0 Å². The zero-order chi connectivity index (χ0) is 16.7. The second kappa shape index (κ2) is 7.92. The zero-order valence-corrected chi connectivity index (χ0v) is 12.7. The Balaban J connectivity index is 1.82. The highest BCUT2D eigenvalue weighted by atomic mass is 16.3. The average Bonchev–Trinajstić information content (AvgIpc) is 3.08. The lowest BCUT2D eigenvalue weighted by atomic mass is 10.3. The quantitative estimate of drug-likeness (QED) is 0.719. The van der Waals surface area contributed by atoms with Crippen LogP contribution in [-0.2, 0) is 6.54 Å². The molecular weight excluding hydrogens is 300 g/mol. The Bertz CT molecular complexity index is 721. The van der Waals surface area contributed by atoms with E-state index in [9.17, 15) is 14.4 Å². The van der Waals surface area contributed by atoms with E-state index < -0.39 is 5.91 Å². The van der Waals surface area contributed by atoms with Crippen molar-refractivity contribution in [3.05, 3.63) is 52.3 Å². The molecule has 0 fully saturated rings. The topological polar surface area (TPSA) is 106 Å². The normalized spacial score (nSPS) is 10.3. The van der Waals surface area contributed by atoms with Gasteiger partial charge in [0, 0.05) is 25.7 Å². The van der Waals surface area contributed by atoms with Crippen molar-refractivity contribution in [2.45, 2.75) is 19.9 Å². The molecule has 0 aromatic carbocycles. The van der Waals surface area contributed by atoms with Crippen LogP contribution < -0.4 is 16.2 Å². The molecular formula is C15H18N4O4. The number of rotatable bonds is 7. The zero-order valence-electron chi connectivity index (χ0n) is 12.7. The van der Waals surface area contributed by atoms with Gasteiger partial charge in [-0.2, -0.15) is 5.10 Å². The molecule has 2 heterocycles. The van der Waals surface area contributed by atoms with Crippen LogP contribution in [0.25, 0.3) is 0 Å². The molecule has 23 heavy (non-hydrogen) atoms. The molecule has 8 nitrogen and oxygen atoms in total. The lowest BCUT2D eigenvalue weighted by molar-refractivity contribution is 0.0908. The van der Waals surface area contributed by atoms with Crippen LogP contribution in [0.4, 0.5) is 0 Å². The first-order valence-electron chi connectivity index (χ1n) is 7.30. The summed E-state index contributed by atoms with van der Waals surface area (Å²) >= 11 is 0. The predicted molar refractivity (Wildman–Crippen MR) is 82.2 cm³/mol. The van der Waals surface area contributed by atoms with Gasteiger partial charge < -0.3 is 15.1 Å². The molecule has 2 N–H and O–H groups in total. The van der Waals surface area contributed by atoms with Crippen molar-refractivity contribution in [3.63, 3.8) is 0 Å². The number of nitrogens with one attached hydrogen (secondary N) is 2. The van der Waals surface area contributed by atoms with E-state index in [1.165, 1.54) is 23.1 Å². The highest BCUT2D eigenvalue weighted by Crippen LogP contribution is 1.98. The summed E-state index contributed by atoms with van der Waals surface area (Å²) in [6, 6.07) is 5.86. The fourth-order valence-corrected chi connectivity index (χ4v) is 1.88. The summed E-state index contributed by atoms with van der Waals surface area (Å²) in [7, 11) is 0. The van der Waals surface area contributed by atoms with Crippen LogP contribution in [0, 0.1) is 0 Å². The standard InChI is InChI=1S/C15H18N4O4/c1-2-9-19-13(20)6-5-11(18-19)14(21)16-7-8-17-15(22)12-4-3-10-23-12/h3-6,10H,2,7-9H2,1H3,(H,16,21)(H,17,22). The highest BCUT2D eigenvalue weighted by Gasteiger charge is 2.10. The van der Waals surface area contributed by atoms with Crippen LogP contribution in [0.1, 0.15) is 34.4 Å². The summed E-state index contributed by atoms with van der Waals surface area (Å²) in [6.45, 7) is 2.86. The first-order valence-corrected chi connectivity index (χ1v) is 7.30. The van der Waals surface area contributed by atoms with Crippen molar-refractivity contribution in [1.82, 2.24) is 20.4 Å². The van der Waals surface area contributed by atoms with Crippen molar-refractivity contribution in [2.75, 3.05) is 13.1 Å². The number of hydrogen-bond donors (Lipinski definition) is 2. The van der Waals surface area contributed by atoms with Crippen molar-refractivity contribution >= 4 is 11.8 Å². The van der Waals surface area contributed by atoms with Crippen molar-refractivity contribution < 1.29 is 14.0 Å². The smallest absolute Gasteiger partial charge is 0.287 e. The molecule has 2 rings (SSSR count). The van der Waals surface area contributed by atoms with Gasteiger partial charge in [-0.25, -0.2) is 4.68 Å². The summed E-state index contributed by atoms with van der Waals surface area (Å²) in [4.78, 5) is 35.1. The van der Waals surface area contributed by atoms with Crippen LogP contribution in [0.3, 0.4) is 0 Å². The SMILES string of the molecule is CCCn1nc(C(=O)NCCNC(=O)c2ccco2)ccc1=O. The van der Waals surface area contributed by atoms with Crippen LogP contribution in [0.15, 0.2) is 39.7 Å². The van der Waals surface area contributed by atoms with Crippen molar-refractivity contribution in [3.8, 4) is 0 Å². The van der Waals surface area contributed by atoms with Gasteiger partial charge in [-0.3, -0.25) is 14.4 Å². The highest BCUT2D eigenvalue weighted by molar-refractivity contribution is 5.92. The fraction of sp³-hybridized carbons (Fsp3) is 0.333. The first-order chi connectivity index (χ1) is 11.1. The second-order valence-corrected chi connectivity index (χ2v) is 4.77. The van der Waals surface area contributed by atoms with E-state index in [4.69, 9.17) is 4.42 Å². The number of aryl methyl sites for hydroxylation is 1. The van der Waals surface area contributed by atoms with Crippen LogP contribution in [-0.4, -0.2) is 34.7 Å². The monoisotopic (exact) mass is 318 g/mol. The van der Waals surface area contributed by atoms with E-state index in [0.717, 1.165) is 6.42 Å². The second-order valence-electron chi connectivity index (χ2n) is 4.77. The minimum absolute atomic E-state index is 0.162. The predicted octanol–water partition coefficient (Wildman–Crippen LogP) is 0.406. The Morgan fingerprint density at radius 1 is 1.17 bits per heavy atom. The molecule has 0 aliphatic heterocycles. The maximum atomic E-state index is 12.0. The molecule has 0 spiro atoms. The molecule has 0 aliphatic rings. The van der Waals surface area contributed by atoms with Crippen molar-refractivity contribution in [2.24, 2.45) is 0 Å². The van der Waals surface area contributed by atoms with E-state index in [1.54, 1.807) is 12.1 Å². The van der Waals surface area contributed by atoms with Gasteiger partial charge in [-0.15, -0.1) is 0 Å². The molecule has 0 unspecified atom stereocenters. The molecule has 0 aliphatic carbocycles. The van der Waals surface area contributed by atoms with E-state index >= 15 is 0 Å². The van der Waals surface area contributed by atoms with Crippen molar-refractivity contribution in [1.29, 1.82) is 0 Å². The van der Waals surface area contributed by atoms with Gasteiger partial charge in [0.05, 0.1) is 6.26 Å². The van der Waals surface area contributed by atoms with E-state index in [2.05, 4.69) is 15.7 Å². The maximum absolute atomic E-state index is 12.0. The summed E-state index contributed by atoms with van der Waals surface area (Å²) in [5.74, 6) is -0.536. The molecule has 2 aromatic rings. The van der Waals surface area contributed by atoms with Gasteiger partial charge >= 0.3 is 0 Å². The largest absolute Gasteiger partial charge is 0.459 e. The molecule has 2 aromatic heterocycles. The van der Waals surface area contributed by atoms with E-state index in [0.29, 0.717) is 6.54 Å². The van der Waals surface area contributed by atoms with Crippen LogP contribution in [0.2, 0.25) is 0 Å². The Labute approximate surface area is 132 Å². The number of aromatic nitrogens is 2. The van der Waals surface area contributed by atoms with E-state index in [-0.39, 0.29) is 36.0 Å². The third-order valence-corrected chi connectivity index (χ3v) is 2.98. The third kappa shape index (κ3) is 4.53. The summed E-state index contributed by atoms with van der Waals surface area (Å²) in [5, 5.41) is 9.24. The fourth-order valence-electron chi connectivity index (χ4n) is 1.88.